The molecule has 0 unspecified atom stereocenters. The summed E-state index contributed by atoms with van der Waals surface area (Å²) >= 11 is 0. The van der Waals surface area contributed by atoms with Crippen LogP contribution in [0.2, 0.25) is 0 Å². The fourth-order valence-electron chi connectivity index (χ4n) is 2.10. The molecule has 0 bridgehead atoms. The molecule has 5 nitrogen and oxygen atoms in total. The minimum Gasteiger partial charge on any atom is -0.397 e. The van der Waals surface area contributed by atoms with Crippen molar-refractivity contribution in [3.8, 4) is 0 Å². The van der Waals surface area contributed by atoms with Gasteiger partial charge in [0.25, 0.3) is 0 Å². The third kappa shape index (κ3) is 2.56. The Balaban J connectivity index is 1.63. The normalized spacial score (nSPS) is 10.8. The second-order valence-corrected chi connectivity index (χ2v) is 4.80. The van der Waals surface area contributed by atoms with E-state index in [1.54, 1.807) is 6.20 Å². The van der Waals surface area contributed by atoms with Gasteiger partial charge >= 0.3 is 0 Å². The molecule has 0 aliphatic heterocycles. The number of benzene rings is 1. The second kappa shape index (κ2) is 5.21. The Bertz CT molecular complexity index is 699. The predicted octanol–water partition coefficient (Wildman–Crippen LogP) is 2.50. The number of aryl methyl sites for hydroxylation is 1. The highest BCUT2D eigenvalue weighted by Gasteiger charge is 2.02. The highest BCUT2D eigenvalue weighted by molar-refractivity contribution is 5.74. The summed E-state index contributed by atoms with van der Waals surface area (Å²) in [4.78, 5) is 12.1. The molecule has 0 aliphatic rings. The van der Waals surface area contributed by atoms with Crippen LogP contribution in [0.1, 0.15) is 11.4 Å². The first-order valence-corrected chi connectivity index (χ1v) is 6.62. The van der Waals surface area contributed by atoms with Crippen molar-refractivity contribution < 1.29 is 0 Å². The number of rotatable bonds is 4. The Morgan fingerprint density at radius 2 is 2.15 bits per heavy atom. The summed E-state index contributed by atoms with van der Waals surface area (Å²) in [6, 6.07) is 9.99. The predicted molar refractivity (Wildman–Crippen MR) is 81.7 cm³/mol. The number of aromatic nitrogens is 3. The molecule has 2 aromatic heterocycles. The molecule has 0 fully saturated rings. The maximum atomic E-state index is 5.75. The van der Waals surface area contributed by atoms with Crippen LogP contribution >= 0.6 is 0 Å². The van der Waals surface area contributed by atoms with Gasteiger partial charge in [-0.2, -0.15) is 0 Å². The molecule has 3 aromatic rings. The van der Waals surface area contributed by atoms with Crippen LogP contribution in [0.3, 0.4) is 0 Å². The molecule has 2 heterocycles. The number of imidazole rings is 1. The number of hydrogen-bond donors (Lipinski definition) is 3. The largest absolute Gasteiger partial charge is 0.397 e. The number of nitrogen functional groups attached to an aromatic ring is 1. The van der Waals surface area contributed by atoms with Gasteiger partial charge in [-0.15, -0.1) is 0 Å². The quantitative estimate of drug-likeness (QED) is 0.678. The molecular weight excluding hydrogens is 250 g/mol. The lowest BCUT2D eigenvalue weighted by Gasteiger charge is -2.06. The number of nitrogens with one attached hydrogen (secondary N) is 2. The van der Waals surface area contributed by atoms with Gasteiger partial charge in [0, 0.05) is 13.0 Å². The van der Waals surface area contributed by atoms with Gasteiger partial charge in [-0.05, 0) is 30.7 Å². The van der Waals surface area contributed by atoms with E-state index in [0.717, 1.165) is 41.2 Å². The van der Waals surface area contributed by atoms with Gasteiger partial charge in [0.05, 0.1) is 22.9 Å². The Morgan fingerprint density at radius 3 is 2.95 bits per heavy atom. The van der Waals surface area contributed by atoms with Crippen molar-refractivity contribution in [1.82, 2.24) is 15.0 Å². The molecule has 0 radical (unpaired) electrons. The lowest BCUT2D eigenvalue weighted by molar-refractivity contribution is 0.928. The second-order valence-electron chi connectivity index (χ2n) is 4.80. The van der Waals surface area contributed by atoms with Gasteiger partial charge in [0.2, 0.25) is 0 Å². The topological polar surface area (TPSA) is 79.6 Å². The molecule has 0 saturated carbocycles. The minimum absolute atomic E-state index is 0.716. The van der Waals surface area contributed by atoms with Crippen LogP contribution in [0, 0.1) is 6.92 Å². The highest BCUT2D eigenvalue weighted by Crippen LogP contribution is 2.13. The van der Waals surface area contributed by atoms with Gasteiger partial charge in [-0.25, -0.2) is 9.97 Å². The maximum Gasteiger partial charge on any atom is 0.126 e. The lowest BCUT2D eigenvalue weighted by atomic mass is 10.2. The summed E-state index contributed by atoms with van der Waals surface area (Å²) < 4.78 is 0. The number of fused-ring (bicyclic) bond motifs is 1. The van der Waals surface area contributed by atoms with E-state index >= 15 is 0 Å². The van der Waals surface area contributed by atoms with Crippen LogP contribution in [0.25, 0.3) is 11.0 Å². The zero-order valence-electron chi connectivity index (χ0n) is 11.4. The molecule has 1 aromatic carbocycles. The van der Waals surface area contributed by atoms with E-state index < -0.39 is 0 Å². The van der Waals surface area contributed by atoms with E-state index in [4.69, 9.17) is 5.73 Å². The number of pyridine rings is 1. The third-order valence-corrected chi connectivity index (χ3v) is 3.26. The van der Waals surface area contributed by atoms with E-state index in [-0.39, 0.29) is 0 Å². The Hall–Kier alpha value is -2.56. The van der Waals surface area contributed by atoms with Gasteiger partial charge in [0.15, 0.2) is 0 Å². The van der Waals surface area contributed by atoms with Crippen LogP contribution in [-0.2, 0) is 6.42 Å². The summed E-state index contributed by atoms with van der Waals surface area (Å²) in [5, 5.41) is 3.28. The van der Waals surface area contributed by atoms with Crippen LogP contribution in [0.5, 0.6) is 0 Å². The minimum atomic E-state index is 0.716. The molecule has 0 atom stereocenters. The summed E-state index contributed by atoms with van der Waals surface area (Å²) in [5.41, 5.74) is 9.57. The van der Waals surface area contributed by atoms with Crippen LogP contribution in [0.15, 0.2) is 36.5 Å². The molecule has 0 aliphatic carbocycles. The fourth-order valence-corrected chi connectivity index (χ4v) is 2.10. The van der Waals surface area contributed by atoms with E-state index in [2.05, 4.69) is 20.3 Å². The first kappa shape index (κ1) is 12.5. The molecular formula is C15H17N5. The summed E-state index contributed by atoms with van der Waals surface area (Å²) in [7, 11) is 0. The Labute approximate surface area is 117 Å². The van der Waals surface area contributed by atoms with Gasteiger partial charge in [-0.3, -0.25) is 0 Å². The molecule has 102 valence electrons. The summed E-state index contributed by atoms with van der Waals surface area (Å²) in [6.07, 6.45) is 2.50. The van der Waals surface area contributed by atoms with Crippen LogP contribution < -0.4 is 11.1 Å². The van der Waals surface area contributed by atoms with Crippen LogP contribution in [-0.4, -0.2) is 21.5 Å². The molecule has 4 N–H and O–H groups in total. The molecule has 0 saturated heterocycles. The molecule has 0 amide bonds. The average molecular weight is 267 g/mol. The van der Waals surface area contributed by atoms with Crippen molar-refractivity contribution in [2.45, 2.75) is 13.3 Å². The molecule has 5 heteroatoms. The van der Waals surface area contributed by atoms with E-state index in [1.807, 2.05) is 37.3 Å². The Morgan fingerprint density at radius 1 is 1.30 bits per heavy atom. The van der Waals surface area contributed by atoms with Crippen LogP contribution in [0.4, 0.5) is 11.5 Å². The monoisotopic (exact) mass is 267 g/mol. The first-order valence-electron chi connectivity index (χ1n) is 6.62. The highest BCUT2D eigenvalue weighted by atomic mass is 15.0. The zero-order valence-corrected chi connectivity index (χ0v) is 11.4. The van der Waals surface area contributed by atoms with Crippen molar-refractivity contribution in [2.75, 3.05) is 17.6 Å². The Kier molecular flexibility index (Phi) is 3.25. The number of anilines is 2. The van der Waals surface area contributed by atoms with Gasteiger partial charge in [-0.1, -0.05) is 12.1 Å². The summed E-state index contributed by atoms with van der Waals surface area (Å²) in [6.45, 7) is 2.75. The van der Waals surface area contributed by atoms with Crippen molar-refractivity contribution in [1.29, 1.82) is 0 Å². The lowest BCUT2D eigenvalue weighted by Crippen LogP contribution is -2.07. The average Bonchev–Trinajstić information content (AvgIpc) is 2.85. The number of hydrogen-bond acceptors (Lipinski definition) is 4. The maximum absolute atomic E-state index is 5.75. The fraction of sp³-hybridized carbons (Fsp3) is 0.200. The smallest absolute Gasteiger partial charge is 0.126 e. The molecule has 0 spiro atoms. The standard InChI is InChI=1S/C15H17N5/c1-10-8-15(18-9-11(10)16)17-7-6-14-19-12-4-2-3-5-13(12)20-14/h2-5,8-9H,6-7,16H2,1H3,(H,17,18)(H,19,20). The van der Waals surface area contributed by atoms with Gasteiger partial charge < -0.3 is 16.0 Å². The van der Waals surface area contributed by atoms with Crippen molar-refractivity contribution in [2.24, 2.45) is 0 Å². The SMILES string of the molecule is Cc1cc(NCCc2nc3ccccc3[nH]2)ncc1N. The van der Waals surface area contributed by atoms with E-state index in [1.165, 1.54) is 0 Å². The van der Waals surface area contributed by atoms with E-state index in [9.17, 15) is 0 Å². The third-order valence-electron chi connectivity index (χ3n) is 3.26. The van der Waals surface area contributed by atoms with Crippen molar-refractivity contribution >= 4 is 22.5 Å². The number of para-hydroxylation sites is 2. The summed E-state index contributed by atoms with van der Waals surface area (Å²) in [5.74, 6) is 1.82. The van der Waals surface area contributed by atoms with Gasteiger partial charge in [0.1, 0.15) is 11.6 Å². The molecule has 20 heavy (non-hydrogen) atoms. The zero-order chi connectivity index (χ0) is 13.9. The van der Waals surface area contributed by atoms with E-state index in [0.29, 0.717) is 5.69 Å². The number of nitrogens with zero attached hydrogens (tertiary/aromatic N) is 2. The van der Waals surface area contributed by atoms with Crippen molar-refractivity contribution in [3.63, 3.8) is 0 Å². The number of H-pyrrole nitrogens is 1. The van der Waals surface area contributed by atoms with Crippen molar-refractivity contribution in [3.05, 3.63) is 47.9 Å². The molecule has 3 rings (SSSR count). The number of aromatic amines is 1. The first-order chi connectivity index (χ1) is 9.72. The number of nitrogens with two attached hydrogens (primary N) is 1.